The number of amides is 1. The van der Waals surface area contributed by atoms with Gasteiger partial charge in [0.25, 0.3) is 0 Å². The molecule has 2 atom stereocenters. The number of nitrogens with one attached hydrogen (secondary N) is 2. The van der Waals surface area contributed by atoms with Crippen LogP contribution >= 0.6 is 11.8 Å². The molecule has 2 rings (SSSR count). The van der Waals surface area contributed by atoms with Gasteiger partial charge in [-0.1, -0.05) is 12.1 Å². The van der Waals surface area contributed by atoms with Crippen molar-refractivity contribution < 1.29 is 4.79 Å². The van der Waals surface area contributed by atoms with Crippen molar-refractivity contribution in [2.75, 3.05) is 17.6 Å². The average molecular weight is 342 g/mol. The molecule has 0 bridgehead atoms. The smallest absolute Gasteiger partial charge is 0.240 e. The highest BCUT2D eigenvalue weighted by molar-refractivity contribution is 7.99. The topological polar surface area (TPSA) is 88.7 Å². The number of hydrogen-bond acceptors (Lipinski definition) is 5. The standard InChI is InChI=1S/C18H22N4OS/c1-13(9-19)11-24-16-6-4-3-5-15(16)21-10-17(23)22-18(2,12-20)14-7-8-14/h3-6,13-14,21H,7-8,10-11H2,1-2H3,(H,22,23). The van der Waals surface area contributed by atoms with E-state index in [2.05, 4.69) is 22.8 Å². The molecule has 2 unspecified atom stereocenters. The molecule has 1 amide bonds. The van der Waals surface area contributed by atoms with Crippen LogP contribution in [0.2, 0.25) is 0 Å². The summed E-state index contributed by atoms with van der Waals surface area (Å²) in [6.45, 7) is 3.79. The molecular weight excluding hydrogens is 320 g/mol. The first-order chi connectivity index (χ1) is 11.5. The Labute approximate surface area is 147 Å². The molecule has 24 heavy (non-hydrogen) atoms. The van der Waals surface area contributed by atoms with Gasteiger partial charge in [0, 0.05) is 16.3 Å². The number of nitriles is 2. The Morgan fingerprint density at radius 2 is 2.12 bits per heavy atom. The highest BCUT2D eigenvalue weighted by atomic mass is 32.2. The zero-order chi connectivity index (χ0) is 17.6. The normalized spacial score (nSPS) is 17.0. The van der Waals surface area contributed by atoms with Crippen molar-refractivity contribution in [3.05, 3.63) is 24.3 Å². The number of thioether (sulfide) groups is 1. The average Bonchev–Trinajstić information content (AvgIpc) is 3.43. The molecule has 0 aliphatic heterocycles. The number of anilines is 1. The van der Waals surface area contributed by atoms with Gasteiger partial charge >= 0.3 is 0 Å². The second kappa shape index (κ2) is 8.08. The molecule has 1 saturated carbocycles. The maximum absolute atomic E-state index is 12.2. The van der Waals surface area contributed by atoms with Crippen LogP contribution in [-0.4, -0.2) is 23.7 Å². The molecule has 0 heterocycles. The van der Waals surface area contributed by atoms with Crippen molar-refractivity contribution in [2.24, 2.45) is 11.8 Å². The van der Waals surface area contributed by atoms with Crippen molar-refractivity contribution in [1.29, 1.82) is 10.5 Å². The fourth-order valence-corrected chi connectivity index (χ4v) is 3.36. The van der Waals surface area contributed by atoms with E-state index in [0.29, 0.717) is 5.75 Å². The van der Waals surface area contributed by atoms with E-state index in [9.17, 15) is 10.1 Å². The molecule has 1 fully saturated rings. The number of hydrogen-bond donors (Lipinski definition) is 2. The number of carbonyl (C=O) groups excluding carboxylic acids is 1. The summed E-state index contributed by atoms with van der Waals surface area (Å²) in [4.78, 5) is 13.2. The van der Waals surface area contributed by atoms with Crippen molar-refractivity contribution in [3.63, 3.8) is 0 Å². The molecule has 1 aromatic rings. The lowest BCUT2D eigenvalue weighted by atomic mass is 9.98. The monoisotopic (exact) mass is 342 g/mol. The first-order valence-corrected chi connectivity index (χ1v) is 9.04. The third kappa shape index (κ3) is 4.91. The fourth-order valence-electron chi connectivity index (χ4n) is 2.38. The molecule has 126 valence electrons. The first kappa shape index (κ1) is 18.2. The minimum Gasteiger partial charge on any atom is -0.375 e. The Morgan fingerprint density at radius 3 is 2.75 bits per heavy atom. The predicted octanol–water partition coefficient (Wildman–Crippen LogP) is 3.16. The van der Waals surface area contributed by atoms with Crippen LogP contribution in [0.5, 0.6) is 0 Å². The lowest BCUT2D eigenvalue weighted by molar-refractivity contribution is -0.120. The number of carbonyl (C=O) groups is 1. The summed E-state index contributed by atoms with van der Waals surface area (Å²) in [5.41, 5.74) is 0.0998. The van der Waals surface area contributed by atoms with Gasteiger partial charge in [0.2, 0.25) is 5.91 Å². The molecule has 5 nitrogen and oxygen atoms in total. The molecule has 0 spiro atoms. The minimum absolute atomic E-state index is 0.0266. The van der Waals surface area contributed by atoms with E-state index >= 15 is 0 Å². The van der Waals surface area contributed by atoms with Crippen LogP contribution in [0.15, 0.2) is 29.2 Å². The molecule has 1 aliphatic carbocycles. The van der Waals surface area contributed by atoms with Gasteiger partial charge in [0.05, 0.1) is 24.6 Å². The number of para-hydroxylation sites is 1. The maximum atomic E-state index is 12.2. The van der Waals surface area contributed by atoms with Crippen LogP contribution in [0.1, 0.15) is 26.7 Å². The summed E-state index contributed by atoms with van der Waals surface area (Å²) >= 11 is 1.59. The predicted molar refractivity (Wildman–Crippen MR) is 95.3 cm³/mol. The Morgan fingerprint density at radius 1 is 1.42 bits per heavy atom. The van der Waals surface area contributed by atoms with Crippen LogP contribution in [0, 0.1) is 34.5 Å². The number of rotatable bonds is 8. The molecule has 2 N–H and O–H groups in total. The zero-order valence-electron chi connectivity index (χ0n) is 14.0. The van der Waals surface area contributed by atoms with Gasteiger partial charge in [-0.05, 0) is 44.7 Å². The Kier molecular flexibility index (Phi) is 6.11. The van der Waals surface area contributed by atoms with Crippen molar-refractivity contribution in [1.82, 2.24) is 5.32 Å². The summed E-state index contributed by atoms with van der Waals surface area (Å²) in [7, 11) is 0. The highest BCUT2D eigenvalue weighted by Gasteiger charge is 2.42. The summed E-state index contributed by atoms with van der Waals surface area (Å²) < 4.78 is 0. The largest absolute Gasteiger partial charge is 0.375 e. The number of benzene rings is 1. The maximum Gasteiger partial charge on any atom is 0.240 e. The molecule has 1 aromatic carbocycles. The van der Waals surface area contributed by atoms with Crippen molar-refractivity contribution in [3.8, 4) is 12.1 Å². The van der Waals surface area contributed by atoms with Gasteiger partial charge in [0.15, 0.2) is 0 Å². The summed E-state index contributed by atoms with van der Waals surface area (Å²) in [6, 6.07) is 12.2. The third-order valence-electron chi connectivity index (χ3n) is 4.06. The van der Waals surface area contributed by atoms with E-state index in [-0.39, 0.29) is 24.3 Å². The van der Waals surface area contributed by atoms with Crippen LogP contribution in [-0.2, 0) is 4.79 Å². The quantitative estimate of drug-likeness (QED) is 0.708. The van der Waals surface area contributed by atoms with E-state index < -0.39 is 5.54 Å². The van der Waals surface area contributed by atoms with Gasteiger partial charge in [-0.3, -0.25) is 4.79 Å². The SMILES string of the molecule is CC(C#N)CSc1ccccc1NCC(=O)NC(C)(C#N)C1CC1. The lowest BCUT2D eigenvalue weighted by Gasteiger charge is -2.23. The highest BCUT2D eigenvalue weighted by Crippen LogP contribution is 2.39. The summed E-state index contributed by atoms with van der Waals surface area (Å²) in [5.74, 6) is 0.759. The van der Waals surface area contributed by atoms with E-state index in [0.717, 1.165) is 23.4 Å². The third-order valence-corrected chi connectivity index (χ3v) is 5.39. The molecule has 0 radical (unpaired) electrons. The summed E-state index contributed by atoms with van der Waals surface area (Å²) in [5, 5.41) is 24.2. The van der Waals surface area contributed by atoms with Crippen LogP contribution in [0.3, 0.4) is 0 Å². The van der Waals surface area contributed by atoms with E-state index in [4.69, 9.17) is 5.26 Å². The molecule has 0 aromatic heterocycles. The zero-order valence-corrected chi connectivity index (χ0v) is 14.8. The second-order valence-corrected chi connectivity index (χ2v) is 7.39. The molecular formula is C18H22N4OS. The van der Waals surface area contributed by atoms with Crippen LogP contribution < -0.4 is 10.6 Å². The van der Waals surface area contributed by atoms with E-state index in [1.807, 2.05) is 31.2 Å². The van der Waals surface area contributed by atoms with Gasteiger partial charge in [-0.15, -0.1) is 11.8 Å². The van der Waals surface area contributed by atoms with Gasteiger partial charge < -0.3 is 10.6 Å². The van der Waals surface area contributed by atoms with Gasteiger partial charge in [-0.25, -0.2) is 0 Å². The van der Waals surface area contributed by atoms with Crippen LogP contribution in [0.4, 0.5) is 5.69 Å². The first-order valence-electron chi connectivity index (χ1n) is 8.06. The minimum atomic E-state index is -0.769. The molecule has 6 heteroatoms. The van der Waals surface area contributed by atoms with Crippen molar-refractivity contribution >= 4 is 23.4 Å². The lowest BCUT2D eigenvalue weighted by Crippen LogP contribution is -2.48. The van der Waals surface area contributed by atoms with Gasteiger partial charge in [0.1, 0.15) is 5.54 Å². The van der Waals surface area contributed by atoms with Crippen molar-refractivity contribution in [2.45, 2.75) is 37.1 Å². The molecule has 1 aliphatic rings. The van der Waals surface area contributed by atoms with Gasteiger partial charge in [-0.2, -0.15) is 10.5 Å². The van der Waals surface area contributed by atoms with E-state index in [1.165, 1.54) is 0 Å². The Bertz CT molecular complexity index is 674. The summed E-state index contributed by atoms with van der Waals surface area (Å²) in [6.07, 6.45) is 1.99. The van der Waals surface area contributed by atoms with E-state index in [1.54, 1.807) is 18.7 Å². The fraction of sp³-hybridized carbons (Fsp3) is 0.500. The Balaban J connectivity index is 1.91. The molecule has 0 saturated heterocycles. The van der Waals surface area contributed by atoms with Crippen LogP contribution in [0.25, 0.3) is 0 Å². The second-order valence-electron chi connectivity index (χ2n) is 6.33. The number of nitrogens with zero attached hydrogens (tertiary/aromatic N) is 2. The Hall–Kier alpha value is -2.18.